The maximum absolute atomic E-state index is 5.86. The van der Waals surface area contributed by atoms with Crippen molar-refractivity contribution in [2.75, 3.05) is 5.32 Å². The highest BCUT2D eigenvalue weighted by molar-refractivity contribution is 7.80. The average molecular weight is 288 g/mol. The SMILES string of the molecule is Cc1ccc(NC(C)C2CC3CCC2C3)c(C(N)=S)c1. The molecule has 2 fully saturated rings. The lowest BCUT2D eigenvalue weighted by atomic mass is 9.84. The number of anilines is 1. The fourth-order valence-electron chi connectivity index (χ4n) is 4.25. The molecule has 2 aliphatic carbocycles. The van der Waals surface area contributed by atoms with Gasteiger partial charge in [0.25, 0.3) is 0 Å². The first-order valence-corrected chi connectivity index (χ1v) is 8.12. The number of aryl methyl sites for hydroxylation is 1. The smallest absolute Gasteiger partial charge is 0.106 e. The van der Waals surface area contributed by atoms with Crippen LogP contribution in [0.5, 0.6) is 0 Å². The van der Waals surface area contributed by atoms with Crippen LogP contribution in [0.15, 0.2) is 18.2 Å². The molecule has 3 heteroatoms. The van der Waals surface area contributed by atoms with Crippen molar-refractivity contribution in [1.29, 1.82) is 0 Å². The van der Waals surface area contributed by atoms with Gasteiger partial charge in [0.05, 0.1) is 0 Å². The zero-order valence-electron chi connectivity index (χ0n) is 12.4. The summed E-state index contributed by atoms with van der Waals surface area (Å²) < 4.78 is 0. The Hall–Kier alpha value is -1.09. The van der Waals surface area contributed by atoms with Crippen molar-refractivity contribution in [3.8, 4) is 0 Å². The fraction of sp³-hybridized carbons (Fsp3) is 0.588. The molecule has 108 valence electrons. The normalized spacial score (nSPS) is 29.4. The van der Waals surface area contributed by atoms with E-state index >= 15 is 0 Å². The molecule has 0 aromatic heterocycles. The lowest BCUT2D eigenvalue weighted by molar-refractivity contribution is 0.304. The van der Waals surface area contributed by atoms with Crippen LogP contribution in [0.1, 0.15) is 43.7 Å². The number of nitrogens with one attached hydrogen (secondary N) is 1. The van der Waals surface area contributed by atoms with Crippen LogP contribution in [-0.4, -0.2) is 11.0 Å². The summed E-state index contributed by atoms with van der Waals surface area (Å²) in [6.45, 7) is 4.39. The van der Waals surface area contributed by atoms with E-state index < -0.39 is 0 Å². The van der Waals surface area contributed by atoms with Gasteiger partial charge in [-0.2, -0.15) is 0 Å². The van der Waals surface area contributed by atoms with Crippen LogP contribution in [0.25, 0.3) is 0 Å². The number of benzene rings is 1. The minimum Gasteiger partial charge on any atom is -0.389 e. The van der Waals surface area contributed by atoms with Crippen molar-refractivity contribution in [3.63, 3.8) is 0 Å². The van der Waals surface area contributed by atoms with Crippen LogP contribution >= 0.6 is 12.2 Å². The Labute approximate surface area is 127 Å². The van der Waals surface area contributed by atoms with Gasteiger partial charge in [-0.1, -0.05) is 30.3 Å². The summed E-state index contributed by atoms with van der Waals surface area (Å²) in [4.78, 5) is 0.483. The third-order valence-corrected chi connectivity index (χ3v) is 5.48. The molecule has 2 bridgehead atoms. The number of nitrogens with two attached hydrogens (primary N) is 1. The van der Waals surface area contributed by atoms with Gasteiger partial charge in [-0.25, -0.2) is 0 Å². The number of hydrogen-bond donors (Lipinski definition) is 2. The molecular weight excluding hydrogens is 264 g/mol. The molecule has 3 rings (SSSR count). The second-order valence-electron chi connectivity index (χ2n) is 6.69. The number of thiocarbonyl (C=S) groups is 1. The third-order valence-electron chi connectivity index (χ3n) is 5.26. The predicted molar refractivity (Wildman–Crippen MR) is 89.1 cm³/mol. The Kier molecular flexibility index (Phi) is 3.72. The molecule has 4 unspecified atom stereocenters. The number of rotatable bonds is 4. The molecule has 0 amide bonds. The molecule has 2 saturated carbocycles. The van der Waals surface area contributed by atoms with Crippen LogP contribution in [0.4, 0.5) is 5.69 Å². The van der Waals surface area contributed by atoms with Gasteiger partial charge in [-0.3, -0.25) is 0 Å². The summed E-state index contributed by atoms with van der Waals surface area (Å²) in [5, 5.41) is 3.68. The van der Waals surface area contributed by atoms with Gasteiger partial charge in [-0.15, -0.1) is 0 Å². The summed E-state index contributed by atoms with van der Waals surface area (Å²) in [7, 11) is 0. The zero-order chi connectivity index (χ0) is 14.3. The van der Waals surface area contributed by atoms with E-state index in [9.17, 15) is 0 Å². The fourth-order valence-corrected chi connectivity index (χ4v) is 4.42. The quantitative estimate of drug-likeness (QED) is 0.826. The maximum atomic E-state index is 5.86. The molecule has 0 aliphatic heterocycles. The van der Waals surface area contributed by atoms with Crippen molar-refractivity contribution >= 4 is 22.9 Å². The highest BCUT2D eigenvalue weighted by Gasteiger charge is 2.41. The topological polar surface area (TPSA) is 38.0 Å². The summed E-state index contributed by atoms with van der Waals surface area (Å²) in [5.41, 5.74) is 9.14. The highest BCUT2D eigenvalue weighted by atomic mass is 32.1. The average Bonchev–Trinajstić information content (AvgIpc) is 3.03. The Morgan fingerprint density at radius 1 is 1.35 bits per heavy atom. The van der Waals surface area contributed by atoms with Gasteiger partial charge in [0.2, 0.25) is 0 Å². The van der Waals surface area contributed by atoms with E-state index in [2.05, 4.69) is 37.4 Å². The van der Waals surface area contributed by atoms with E-state index in [1.165, 1.54) is 31.2 Å². The van der Waals surface area contributed by atoms with E-state index in [-0.39, 0.29) is 0 Å². The minimum atomic E-state index is 0.483. The largest absolute Gasteiger partial charge is 0.389 e. The number of fused-ring (bicyclic) bond motifs is 2. The zero-order valence-corrected chi connectivity index (χ0v) is 13.2. The van der Waals surface area contributed by atoms with Crippen molar-refractivity contribution in [3.05, 3.63) is 29.3 Å². The first-order valence-electron chi connectivity index (χ1n) is 7.71. The minimum absolute atomic E-state index is 0.483. The first-order chi connectivity index (χ1) is 9.54. The van der Waals surface area contributed by atoms with Crippen LogP contribution in [-0.2, 0) is 0 Å². The van der Waals surface area contributed by atoms with Gasteiger partial charge in [0.15, 0.2) is 0 Å². The lowest BCUT2D eigenvalue weighted by Crippen LogP contribution is -2.30. The molecule has 20 heavy (non-hydrogen) atoms. The second-order valence-corrected chi connectivity index (χ2v) is 7.12. The predicted octanol–water partition coefficient (Wildman–Crippen LogP) is 3.87. The summed E-state index contributed by atoms with van der Waals surface area (Å²) in [6.07, 6.45) is 5.73. The van der Waals surface area contributed by atoms with Crippen molar-refractivity contribution < 1.29 is 0 Å². The summed E-state index contributed by atoms with van der Waals surface area (Å²) >= 11 is 5.19. The lowest BCUT2D eigenvalue weighted by Gasteiger charge is -2.30. The molecule has 2 aliphatic rings. The van der Waals surface area contributed by atoms with Gasteiger partial charge in [-0.05, 0) is 63.0 Å². The molecule has 2 nitrogen and oxygen atoms in total. The van der Waals surface area contributed by atoms with Crippen molar-refractivity contribution in [2.24, 2.45) is 23.5 Å². The van der Waals surface area contributed by atoms with E-state index in [1.807, 2.05) is 0 Å². The van der Waals surface area contributed by atoms with Crippen LogP contribution in [0, 0.1) is 24.7 Å². The van der Waals surface area contributed by atoms with Gasteiger partial charge in [0, 0.05) is 17.3 Å². The number of hydrogen-bond acceptors (Lipinski definition) is 2. The van der Waals surface area contributed by atoms with Crippen LogP contribution in [0.2, 0.25) is 0 Å². The Morgan fingerprint density at radius 2 is 2.15 bits per heavy atom. The second kappa shape index (κ2) is 5.36. The van der Waals surface area contributed by atoms with Crippen molar-refractivity contribution in [2.45, 2.75) is 45.6 Å². The summed E-state index contributed by atoms with van der Waals surface area (Å²) in [6, 6.07) is 6.82. The molecular formula is C17H24N2S. The molecule has 3 N–H and O–H groups in total. The van der Waals surface area contributed by atoms with Crippen molar-refractivity contribution in [1.82, 2.24) is 0 Å². The van der Waals surface area contributed by atoms with Crippen LogP contribution in [0.3, 0.4) is 0 Å². The Morgan fingerprint density at radius 3 is 2.75 bits per heavy atom. The highest BCUT2D eigenvalue weighted by Crippen LogP contribution is 2.49. The van der Waals surface area contributed by atoms with E-state index in [4.69, 9.17) is 18.0 Å². The van der Waals surface area contributed by atoms with Gasteiger partial charge >= 0.3 is 0 Å². The Balaban J connectivity index is 1.76. The Bertz CT molecular complexity index is 526. The first kappa shape index (κ1) is 13.9. The molecule has 1 aromatic rings. The molecule has 0 saturated heterocycles. The summed E-state index contributed by atoms with van der Waals surface area (Å²) in [5.74, 6) is 2.73. The third kappa shape index (κ3) is 2.56. The maximum Gasteiger partial charge on any atom is 0.106 e. The molecule has 0 heterocycles. The molecule has 1 aromatic carbocycles. The van der Waals surface area contributed by atoms with E-state index in [1.54, 1.807) is 0 Å². The van der Waals surface area contributed by atoms with Gasteiger partial charge in [0.1, 0.15) is 4.99 Å². The molecule has 0 radical (unpaired) electrons. The van der Waals surface area contributed by atoms with E-state index in [0.717, 1.165) is 29.0 Å². The molecule has 0 spiro atoms. The standard InChI is InChI=1S/C17H24N2S/c1-10-3-6-16(15(7-10)17(18)20)19-11(2)14-9-12-4-5-13(14)8-12/h3,6-7,11-14,19H,4-5,8-9H2,1-2H3,(H2,18,20). The van der Waals surface area contributed by atoms with Gasteiger partial charge < -0.3 is 11.1 Å². The monoisotopic (exact) mass is 288 g/mol. The molecule has 4 atom stereocenters. The van der Waals surface area contributed by atoms with E-state index in [0.29, 0.717) is 11.0 Å². The van der Waals surface area contributed by atoms with Crippen LogP contribution < -0.4 is 11.1 Å².